The Bertz CT molecular complexity index is 522. The van der Waals surface area contributed by atoms with Gasteiger partial charge < -0.3 is 0 Å². The smallest absolute Gasteiger partial charge is 0.159 e. The normalized spacial score (nSPS) is 25.8. The first kappa shape index (κ1) is 14.8. The second-order valence-corrected chi connectivity index (χ2v) is 6.58. The van der Waals surface area contributed by atoms with Gasteiger partial charge >= 0.3 is 0 Å². The molecule has 1 aliphatic carbocycles. The Morgan fingerprint density at radius 1 is 1.30 bits per heavy atom. The predicted molar refractivity (Wildman–Crippen MR) is 84.6 cm³/mol. The highest BCUT2D eigenvalue weighted by Crippen LogP contribution is 2.48. The molecular weight excluding hydrogens is 244 g/mol. The second-order valence-electron chi connectivity index (χ2n) is 6.58. The van der Waals surface area contributed by atoms with Crippen molar-refractivity contribution in [3.63, 3.8) is 0 Å². The maximum atomic E-state index is 12.6. The largest absolute Gasteiger partial charge is 0.295 e. The third kappa shape index (κ3) is 2.92. The van der Waals surface area contributed by atoms with Crippen LogP contribution in [0, 0.1) is 11.3 Å². The minimum Gasteiger partial charge on any atom is -0.295 e. The van der Waals surface area contributed by atoms with Crippen molar-refractivity contribution >= 4 is 5.78 Å². The molecule has 1 heteroatoms. The molecule has 0 saturated carbocycles. The molecule has 0 amide bonds. The van der Waals surface area contributed by atoms with E-state index in [0.29, 0.717) is 0 Å². The Kier molecular flexibility index (Phi) is 4.27. The molecule has 0 aromatic heterocycles. The van der Waals surface area contributed by atoms with Gasteiger partial charge in [-0.05, 0) is 42.7 Å². The number of rotatable bonds is 3. The highest BCUT2D eigenvalue weighted by molar-refractivity contribution is 5.93. The Morgan fingerprint density at radius 2 is 1.95 bits per heavy atom. The fourth-order valence-corrected chi connectivity index (χ4v) is 3.71. The van der Waals surface area contributed by atoms with E-state index in [2.05, 4.69) is 51.6 Å². The van der Waals surface area contributed by atoms with Crippen molar-refractivity contribution in [2.45, 2.75) is 39.5 Å². The fraction of sp³-hybridized carbons (Fsp3) is 0.421. The first-order valence-corrected chi connectivity index (χ1v) is 7.32. The number of hydrogen-bond donors (Lipinski definition) is 0. The summed E-state index contributed by atoms with van der Waals surface area (Å²) >= 11 is 0. The molecule has 0 heterocycles. The molecule has 106 valence electrons. The van der Waals surface area contributed by atoms with Crippen molar-refractivity contribution in [2.24, 2.45) is 11.3 Å². The van der Waals surface area contributed by atoms with E-state index in [-0.39, 0.29) is 23.0 Å². The van der Waals surface area contributed by atoms with Gasteiger partial charge in [0, 0.05) is 5.92 Å². The standard InChI is InChI=1S/C19H24O/c1-5-9-16-17(20)12-14(2)13-19(3,4)18(16)15-10-7-6-8-11-15/h5-8,10-12,16,18H,1,9,13H2,2-4H3/t16-,18+/m1/s1. The number of carbonyl (C=O) groups excluding carboxylic acids is 1. The molecule has 1 nitrogen and oxygen atoms in total. The van der Waals surface area contributed by atoms with Crippen LogP contribution in [0.4, 0.5) is 0 Å². The quantitative estimate of drug-likeness (QED) is 0.712. The van der Waals surface area contributed by atoms with Crippen molar-refractivity contribution < 1.29 is 4.79 Å². The van der Waals surface area contributed by atoms with Gasteiger partial charge in [-0.3, -0.25) is 4.79 Å². The molecule has 0 aliphatic heterocycles. The van der Waals surface area contributed by atoms with Crippen LogP contribution in [0.3, 0.4) is 0 Å². The van der Waals surface area contributed by atoms with Gasteiger partial charge in [0.15, 0.2) is 5.78 Å². The average Bonchev–Trinajstić information content (AvgIpc) is 2.45. The summed E-state index contributed by atoms with van der Waals surface area (Å²) in [5.74, 6) is 0.493. The lowest BCUT2D eigenvalue weighted by atomic mass is 9.66. The predicted octanol–water partition coefficient (Wildman–Crippen LogP) is 4.91. The summed E-state index contributed by atoms with van der Waals surface area (Å²) in [5, 5.41) is 0. The van der Waals surface area contributed by atoms with Crippen molar-refractivity contribution in [3.8, 4) is 0 Å². The lowest BCUT2D eigenvalue weighted by Crippen LogP contribution is -2.30. The summed E-state index contributed by atoms with van der Waals surface area (Å²) in [5.41, 5.74) is 2.52. The van der Waals surface area contributed by atoms with Crippen LogP contribution in [0.1, 0.15) is 45.1 Å². The molecule has 0 N–H and O–H groups in total. The van der Waals surface area contributed by atoms with Gasteiger partial charge in [-0.1, -0.05) is 55.8 Å². The zero-order valence-electron chi connectivity index (χ0n) is 12.7. The molecule has 1 aromatic rings. The maximum Gasteiger partial charge on any atom is 0.159 e. The van der Waals surface area contributed by atoms with Gasteiger partial charge in [0.2, 0.25) is 0 Å². The summed E-state index contributed by atoms with van der Waals surface area (Å²) in [6.45, 7) is 10.5. The number of benzene rings is 1. The topological polar surface area (TPSA) is 17.1 Å². The van der Waals surface area contributed by atoms with E-state index in [1.165, 1.54) is 11.1 Å². The zero-order valence-corrected chi connectivity index (χ0v) is 12.7. The van der Waals surface area contributed by atoms with Crippen LogP contribution in [0.25, 0.3) is 0 Å². The molecule has 20 heavy (non-hydrogen) atoms. The van der Waals surface area contributed by atoms with Crippen LogP contribution in [0.15, 0.2) is 54.6 Å². The Hall–Kier alpha value is -1.63. The number of hydrogen-bond acceptors (Lipinski definition) is 1. The van der Waals surface area contributed by atoms with Crippen molar-refractivity contribution in [2.75, 3.05) is 0 Å². The van der Waals surface area contributed by atoms with Gasteiger partial charge in [0.25, 0.3) is 0 Å². The molecule has 0 spiro atoms. The van der Waals surface area contributed by atoms with E-state index in [9.17, 15) is 4.79 Å². The van der Waals surface area contributed by atoms with Gasteiger partial charge in [-0.25, -0.2) is 0 Å². The lowest BCUT2D eigenvalue weighted by molar-refractivity contribution is -0.119. The van der Waals surface area contributed by atoms with Crippen molar-refractivity contribution in [3.05, 3.63) is 60.2 Å². The van der Waals surface area contributed by atoms with E-state index < -0.39 is 0 Å². The lowest BCUT2D eigenvalue weighted by Gasteiger charge is -2.37. The molecule has 1 aromatic carbocycles. The minimum absolute atomic E-state index is 0.00218. The van der Waals surface area contributed by atoms with Crippen molar-refractivity contribution in [1.82, 2.24) is 0 Å². The third-order valence-electron chi connectivity index (χ3n) is 4.31. The van der Waals surface area contributed by atoms with E-state index in [1.807, 2.05) is 18.2 Å². The van der Waals surface area contributed by atoms with Crippen LogP contribution >= 0.6 is 0 Å². The van der Waals surface area contributed by atoms with Crippen molar-refractivity contribution in [1.29, 1.82) is 0 Å². The Morgan fingerprint density at radius 3 is 2.55 bits per heavy atom. The van der Waals surface area contributed by atoms with Gasteiger partial charge in [-0.15, -0.1) is 6.58 Å². The molecule has 2 atom stereocenters. The summed E-state index contributed by atoms with van der Waals surface area (Å²) < 4.78 is 0. The second kappa shape index (κ2) is 5.78. The SMILES string of the molecule is C=CC[C@@H]1C(=O)C=C(C)CC(C)(C)[C@H]1c1ccccc1. The first-order valence-electron chi connectivity index (χ1n) is 7.32. The summed E-state index contributed by atoms with van der Waals surface area (Å²) in [4.78, 5) is 12.6. The van der Waals surface area contributed by atoms with Crippen LogP contribution in [0.2, 0.25) is 0 Å². The summed E-state index contributed by atoms with van der Waals surface area (Å²) in [7, 11) is 0. The molecule has 0 bridgehead atoms. The highest BCUT2D eigenvalue weighted by atomic mass is 16.1. The molecule has 0 saturated heterocycles. The van der Waals surface area contributed by atoms with Crippen LogP contribution < -0.4 is 0 Å². The zero-order chi connectivity index (χ0) is 14.8. The molecule has 0 radical (unpaired) electrons. The van der Waals surface area contributed by atoms with E-state index in [4.69, 9.17) is 0 Å². The maximum absolute atomic E-state index is 12.6. The average molecular weight is 268 g/mol. The summed E-state index contributed by atoms with van der Waals surface area (Å²) in [6, 6.07) is 10.5. The Labute approximate surface area is 122 Å². The number of allylic oxidation sites excluding steroid dienone is 3. The van der Waals surface area contributed by atoms with Crippen LogP contribution in [-0.4, -0.2) is 5.78 Å². The highest BCUT2D eigenvalue weighted by Gasteiger charge is 2.40. The summed E-state index contributed by atoms with van der Waals surface area (Å²) in [6.07, 6.45) is 5.43. The Balaban J connectivity index is 2.52. The number of carbonyl (C=O) groups is 1. The number of ketones is 1. The van der Waals surface area contributed by atoms with Crippen LogP contribution in [0.5, 0.6) is 0 Å². The monoisotopic (exact) mass is 268 g/mol. The van der Waals surface area contributed by atoms with E-state index in [1.54, 1.807) is 0 Å². The molecule has 2 rings (SSSR count). The van der Waals surface area contributed by atoms with Gasteiger partial charge in [0.1, 0.15) is 0 Å². The molecular formula is C19H24O. The minimum atomic E-state index is 0.00218. The molecule has 0 fully saturated rings. The fourth-order valence-electron chi connectivity index (χ4n) is 3.71. The molecule has 0 unspecified atom stereocenters. The first-order chi connectivity index (χ1) is 9.45. The van der Waals surface area contributed by atoms with E-state index in [0.717, 1.165) is 12.8 Å². The third-order valence-corrected chi connectivity index (χ3v) is 4.31. The van der Waals surface area contributed by atoms with E-state index >= 15 is 0 Å². The van der Waals surface area contributed by atoms with Gasteiger partial charge in [0.05, 0.1) is 0 Å². The van der Waals surface area contributed by atoms with Gasteiger partial charge in [-0.2, -0.15) is 0 Å². The van der Waals surface area contributed by atoms with Crippen LogP contribution in [-0.2, 0) is 4.79 Å². The molecule has 1 aliphatic rings.